The second-order valence-electron chi connectivity index (χ2n) is 5.33. The number of carbonyl (C=O) groups excluding carboxylic acids is 1. The van der Waals surface area contributed by atoms with Gasteiger partial charge in [0.05, 0.1) is 11.8 Å². The Hall–Kier alpha value is -2.29. The minimum Gasteiger partial charge on any atom is -0.391 e. The minimum absolute atomic E-state index is 0.326. The highest BCUT2D eigenvalue weighted by Crippen LogP contribution is 2.19. The van der Waals surface area contributed by atoms with Gasteiger partial charge in [-0.3, -0.25) is 4.79 Å². The number of nitrogens with zero attached hydrogens (tertiary/aromatic N) is 2. The highest BCUT2D eigenvalue weighted by molar-refractivity contribution is 5.94. The van der Waals surface area contributed by atoms with Crippen molar-refractivity contribution in [3.8, 4) is 0 Å². The number of aliphatic imine (C=N–C) groups is 1. The fraction of sp³-hybridized carbons (Fsp3) is 0.467. The molecule has 24 heavy (non-hydrogen) atoms. The Balaban J connectivity index is 2.01. The molecule has 1 fully saturated rings. The lowest BCUT2D eigenvalue weighted by Crippen LogP contribution is -2.41. The van der Waals surface area contributed by atoms with Gasteiger partial charge < -0.3 is 20.6 Å². The van der Waals surface area contributed by atoms with Crippen LogP contribution in [0.4, 0.5) is 18.9 Å². The van der Waals surface area contributed by atoms with Crippen molar-refractivity contribution in [3.05, 3.63) is 29.6 Å². The van der Waals surface area contributed by atoms with E-state index in [0.717, 1.165) is 12.1 Å². The molecular formula is C15H19F3N4O2. The Bertz CT molecular complexity index is 639. The molecule has 1 aliphatic rings. The predicted octanol–water partition coefficient (Wildman–Crippen LogP) is 1.07. The number of β-amino-alcohol motifs (C(OH)–C–C–N with tert-alkyl or cyclic N) is 1. The van der Waals surface area contributed by atoms with Crippen LogP contribution in [-0.4, -0.2) is 54.2 Å². The van der Waals surface area contributed by atoms with E-state index in [0.29, 0.717) is 32.0 Å². The Morgan fingerprint density at radius 2 is 2.12 bits per heavy atom. The van der Waals surface area contributed by atoms with Crippen molar-refractivity contribution >= 4 is 17.6 Å². The Morgan fingerprint density at radius 3 is 2.75 bits per heavy atom. The first-order chi connectivity index (χ1) is 11.4. The number of carbonyl (C=O) groups is 1. The lowest BCUT2D eigenvalue weighted by atomic mass is 10.3. The number of hydrogen-bond acceptors (Lipinski definition) is 3. The third kappa shape index (κ3) is 4.38. The van der Waals surface area contributed by atoms with E-state index in [1.54, 1.807) is 4.90 Å². The summed E-state index contributed by atoms with van der Waals surface area (Å²) in [6.07, 6.45) is 0.162. The molecule has 3 N–H and O–H groups in total. The van der Waals surface area contributed by atoms with Gasteiger partial charge in [0.15, 0.2) is 23.4 Å². The summed E-state index contributed by atoms with van der Waals surface area (Å²) < 4.78 is 39.5. The Morgan fingerprint density at radius 1 is 1.38 bits per heavy atom. The standard InChI is InChI=1S/C15H19F3N4O2/c1-2-19-15(22-6-5-9(23)8-22)20-7-12(24)21-11-4-3-10(16)13(17)14(11)18/h3-4,9,23H,2,5-8H2,1H3,(H,19,20)(H,21,24)/t9-/m1/s1. The highest BCUT2D eigenvalue weighted by atomic mass is 19.2. The van der Waals surface area contributed by atoms with Crippen LogP contribution in [0.5, 0.6) is 0 Å². The topological polar surface area (TPSA) is 77.0 Å². The molecule has 0 aliphatic carbocycles. The van der Waals surface area contributed by atoms with E-state index in [4.69, 9.17) is 0 Å². The first-order valence-corrected chi connectivity index (χ1v) is 7.57. The molecule has 0 spiro atoms. The number of guanidine groups is 1. The van der Waals surface area contributed by atoms with Crippen molar-refractivity contribution in [3.63, 3.8) is 0 Å². The van der Waals surface area contributed by atoms with Crippen LogP contribution in [0.1, 0.15) is 13.3 Å². The number of amides is 1. The second kappa shape index (κ2) is 8.00. The third-order valence-corrected chi connectivity index (χ3v) is 3.48. The highest BCUT2D eigenvalue weighted by Gasteiger charge is 2.23. The largest absolute Gasteiger partial charge is 0.391 e. The monoisotopic (exact) mass is 344 g/mol. The van der Waals surface area contributed by atoms with Gasteiger partial charge in [0, 0.05) is 19.6 Å². The van der Waals surface area contributed by atoms with Crippen molar-refractivity contribution in [2.24, 2.45) is 4.99 Å². The van der Waals surface area contributed by atoms with Gasteiger partial charge in [0.25, 0.3) is 0 Å². The molecule has 0 saturated carbocycles. The van der Waals surface area contributed by atoms with E-state index < -0.39 is 35.2 Å². The molecule has 2 rings (SSSR count). The summed E-state index contributed by atoms with van der Waals surface area (Å²) in [4.78, 5) is 17.8. The molecule has 1 aliphatic heterocycles. The van der Waals surface area contributed by atoms with Crippen molar-refractivity contribution in [2.75, 3.05) is 31.5 Å². The van der Waals surface area contributed by atoms with Crippen molar-refractivity contribution in [1.82, 2.24) is 10.2 Å². The smallest absolute Gasteiger partial charge is 0.246 e. The number of likely N-dealkylation sites (tertiary alicyclic amines) is 1. The number of anilines is 1. The van der Waals surface area contributed by atoms with Gasteiger partial charge in [-0.05, 0) is 25.5 Å². The molecule has 1 saturated heterocycles. The zero-order valence-electron chi connectivity index (χ0n) is 13.2. The molecule has 0 unspecified atom stereocenters. The summed E-state index contributed by atoms with van der Waals surface area (Å²) in [5.74, 6) is -4.65. The third-order valence-electron chi connectivity index (χ3n) is 3.48. The van der Waals surface area contributed by atoms with E-state index in [1.807, 2.05) is 6.92 Å². The number of aliphatic hydroxyl groups excluding tert-OH is 1. The normalized spacial score (nSPS) is 18.0. The molecule has 6 nitrogen and oxygen atoms in total. The molecule has 1 atom stereocenters. The van der Waals surface area contributed by atoms with Crippen molar-refractivity contribution in [1.29, 1.82) is 0 Å². The lowest BCUT2D eigenvalue weighted by Gasteiger charge is -2.20. The number of aliphatic hydroxyl groups is 1. The summed E-state index contributed by atoms with van der Waals surface area (Å²) >= 11 is 0. The number of nitrogens with one attached hydrogen (secondary N) is 2. The number of benzene rings is 1. The van der Waals surface area contributed by atoms with E-state index in [9.17, 15) is 23.1 Å². The molecule has 1 amide bonds. The average Bonchev–Trinajstić information content (AvgIpc) is 2.98. The molecule has 0 bridgehead atoms. The van der Waals surface area contributed by atoms with Crippen LogP contribution in [0, 0.1) is 17.5 Å². The zero-order chi connectivity index (χ0) is 17.7. The van der Waals surface area contributed by atoms with Crippen LogP contribution in [0.3, 0.4) is 0 Å². The molecular weight excluding hydrogens is 325 g/mol. The van der Waals surface area contributed by atoms with Gasteiger partial charge in [0.2, 0.25) is 5.91 Å². The van der Waals surface area contributed by atoms with Crippen LogP contribution in [-0.2, 0) is 4.79 Å². The quantitative estimate of drug-likeness (QED) is 0.434. The second-order valence-corrected chi connectivity index (χ2v) is 5.33. The summed E-state index contributed by atoms with van der Waals surface area (Å²) in [5, 5.41) is 14.7. The van der Waals surface area contributed by atoms with Gasteiger partial charge >= 0.3 is 0 Å². The maximum absolute atomic E-state index is 13.5. The van der Waals surface area contributed by atoms with E-state index >= 15 is 0 Å². The molecule has 9 heteroatoms. The number of rotatable bonds is 4. The van der Waals surface area contributed by atoms with Crippen LogP contribution < -0.4 is 10.6 Å². The number of halogens is 3. The molecule has 132 valence electrons. The molecule has 1 aromatic rings. The summed E-state index contributed by atoms with van der Waals surface area (Å²) in [7, 11) is 0. The van der Waals surface area contributed by atoms with E-state index in [-0.39, 0.29) is 6.54 Å². The van der Waals surface area contributed by atoms with E-state index in [1.165, 1.54) is 0 Å². The van der Waals surface area contributed by atoms with Crippen LogP contribution >= 0.6 is 0 Å². The fourth-order valence-electron chi connectivity index (χ4n) is 2.32. The summed E-state index contributed by atoms with van der Waals surface area (Å²) in [5.41, 5.74) is -0.448. The van der Waals surface area contributed by atoms with Crippen LogP contribution in [0.25, 0.3) is 0 Å². The van der Waals surface area contributed by atoms with Crippen molar-refractivity contribution in [2.45, 2.75) is 19.4 Å². The molecule has 0 radical (unpaired) electrons. The maximum atomic E-state index is 13.5. The SMILES string of the molecule is CCNC(=NCC(=O)Nc1ccc(F)c(F)c1F)N1CC[C@@H](O)C1. The Labute approximate surface area is 137 Å². The first-order valence-electron chi connectivity index (χ1n) is 7.57. The number of hydrogen-bond donors (Lipinski definition) is 3. The summed E-state index contributed by atoms with van der Waals surface area (Å²) in [6.45, 7) is 3.12. The van der Waals surface area contributed by atoms with Gasteiger partial charge in [0.1, 0.15) is 6.54 Å². The lowest BCUT2D eigenvalue weighted by molar-refractivity contribution is -0.114. The average molecular weight is 344 g/mol. The first kappa shape index (κ1) is 18.1. The zero-order valence-corrected chi connectivity index (χ0v) is 13.2. The predicted molar refractivity (Wildman–Crippen MR) is 83.1 cm³/mol. The van der Waals surface area contributed by atoms with Gasteiger partial charge in [-0.15, -0.1) is 0 Å². The van der Waals surface area contributed by atoms with Crippen molar-refractivity contribution < 1.29 is 23.1 Å². The molecule has 1 heterocycles. The maximum Gasteiger partial charge on any atom is 0.246 e. The van der Waals surface area contributed by atoms with Gasteiger partial charge in [-0.1, -0.05) is 0 Å². The van der Waals surface area contributed by atoms with Gasteiger partial charge in [-0.2, -0.15) is 0 Å². The van der Waals surface area contributed by atoms with Crippen LogP contribution in [0.15, 0.2) is 17.1 Å². The van der Waals surface area contributed by atoms with Crippen LogP contribution in [0.2, 0.25) is 0 Å². The Kier molecular flexibility index (Phi) is 6.02. The van der Waals surface area contributed by atoms with E-state index in [2.05, 4.69) is 15.6 Å². The summed E-state index contributed by atoms with van der Waals surface area (Å²) in [6, 6.07) is 1.67. The van der Waals surface area contributed by atoms with Gasteiger partial charge in [-0.25, -0.2) is 18.2 Å². The molecule has 0 aromatic heterocycles. The molecule has 1 aromatic carbocycles. The minimum atomic E-state index is -1.64. The fourth-order valence-corrected chi connectivity index (χ4v) is 2.32.